The summed E-state index contributed by atoms with van der Waals surface area (Å²) in [5.41, 5.74) is 2.11. The summed E-state index contributed by atoms with van der Waals surface area (Å²) in [6.07, 6.45) is 7.78. The molecule has 0 unspecified atom stereocenters. The summed E-state index contributed by atoms with van der Waals surface area (Å²) >= 11 is 0. The minimum absolute atomic E-state index is 0.975. The monoisotopic (exact) mass is 216 g/mol. The Labute approximate surface area is 94.9 Å². The predicted molar refractivity (Wildman–Crippen MR) is 63.8 cm³/mol. The normalized spacial score (nSPS) is 16.9. The minimum atomic E-state index is 0.975. The van der Waals surface area contributed by atoms with E-state index in [1.54, 1.807) is 0 Å². The molecule has 0 aliphatic carbocycles. The van der Waals surface area contributed by atoms with Crippen LogP contribution in [0.2, 0.25) is 0 Å². The molecule has 0 aromatic carbocycles. The first-order chi connectivity index (χ1) is 7.84. The molecule has 0 amide bonds. The third-order valence-corrected chi connectivity index (χ3v) is 3.21. The summed E-state index contributed by atoms with van der Waals surface area (Å²) in [6, 6.07) is 2.06. The van der Waals surface area contributed by atoms with Crippen LogP contribution in [-0.2, 0) is 0 Å². The van der Waals surface area contributed by atoms with Crippen LogP contribution in [0.1, 0.15) is 24.8 Å². The molecule has 1 saturated heterocycles. The lowest BCUT2D eigenvalue weighted by atomic mass is 10.1. The van der Waals surface area contributed by atoms with Gasteiger partial charge in [-0.1, -0.05) is 0 Å². The van der Waals surface area contributed by atoms with Crippen LogP contribution in [0.5, 0.6) is 0 Å². The van der Waals surface area contributed by atoms with E-state index in [0.717, 1.165) is 30.1 Å². The van der Waals surface area contributed by atoms with Gasteiger partial charge in [-0.3, -0.25) is 0 Å². The molecule has 4 nitrogen and oxygen atoms in total. The van der Waals surface area contributed by atoms with E-state index in [-0.39, 0.29) is 0 Å². The van der Waals surface area contributed by atoms with Gasteiger partial charge in [0, 0.05) is 24.8 Å². The van der Waals surface area contributed by atoms with Gasteiger partial charge in [0.15, 0.2) is 5.65 Å². The second kappa shape index (κ2) is 3.77. The average molecular weight is 216 g/mol. The van der Waals surface area contributed by atoms with Crippen molar-refractivity contribution in [1.82, 2.24) is 14.6 Å². The number of rotatable bonds is 1. The number of aryl methyl sites for hydroxylation is 1. The number of hydrogen-bond acceptors (Lipinski definition) is 3. The van der Waals surface area contributed by atoms with E-state index >= 15 is 0 Å². The molecule has 2 aromatic heterocycles. The zero-order chi connectivity index (χ0) is 11.0. The van der Waals surface area contributed by atoms with Crippen LogP contribution in [0.25, 0.3) is 5.65 Å². The van der Waals surface area contributed by atoms with E-state index in [9.17, 15) is 0 Å². The number of anilines is 1. The van der Waals surface area contributed by atoms with E-state index < -0.39 is 0 Å². The van der Waals surface area contributed by atoms with Crippen molar-refractivity contribution >= 4 is 11.5 Å². The number of hydrogen-bond donors (Lipinski definition) is 0. The molecule has 0 saturated carbocycles. The third-order valence-electron chi connectivity index (χ3n) is 3.21. The van der Waals surface area contributed by atoms with Gasteiger partial charge in [0.25, 0.3) is 0 Å². The van der Waals surface area contributed by atoms with Crippen LogP contribution in [0, 0.1) is 6.92 Å². The van der Waals surface area contributed by atoms with Crippen LogP contribution in [0.3, 0.4) is 0 Å². The van der Waals surface area contributed by atoms with Crippen molar-refractivity contribution in [2.24, 2.45) is 0 Å². The molecule has 0 N–H and O–H groups in total. The Bertz CT molecular complexity index is 497. The molecule has 0 atom stereocenters. The molecule has 1 aliphatic rings. The number of fused-ring (bicyclic) bond motifs is 1. The second-order valence-corrected chi connectivity index (χ2v) is 4.43. The maximum Gasteiger partial charge on any atom is 0.160 e. The summed E-state index contributed by atoms with van der Waals surface area (Å²) in [7, 11) is 0. The Balaban J connectivity index is 1.99. The smallest absolute Gasteiger partial charge is 0.160 e. The van der Waals surface area contributed by atoms with E-state index in [0.29, 0.717) is 0 Å². The van der Waals surface area contributed by atoms with Crippen molar-refractivity contribution < 1.29 is 0 Å². The van der Waals surface area contributed by atoms with Crippen molar-refractivity contribution in [2.75, 3.05) is 18.0 Å². The Morgan fingerprint density at radius 3 is 2.81 bits per heavy atom. The summed E-state index contributed by atoms with van der Waals surface area (Å²) in [6.45, 7) is 4.32. The van der Waals surface area contributed by atoms with Gasteiger partial charge in [0.1, 0.15) is 5.82 Å². The summed E-state index contributed by atoms with van der Waals surface area (Å²) < 4.78 is 1.84. The largest absolute Gasteiger partial charge is 0.357 e. The Morgan fingerprint density at radius 1 is 1.19 bits per heavy atom. The first kappa shape index (κ1) is 9.63. The zero-order valence-corrected chi connectivity index (χ0v) is 9.56. The van der Waals surface area contributed by atoms with Gasteiger partial charge in [-0.2, -0.15) is 5.10 Å². The predicted octanol–water partition coefficient (Wildman–Crippen LogP) is 2.03. The molecule has 2 aromatic rings. The molecule has 1 fully saturated rings. The summed E-state index contributed by atoms with van der Waals surface area (Å²) in [5, 5.41) is 4.24. The molecule has 3 heterocycles. The molecule has 0 bridgehead atoms. The fraction of sp³-hybridized carbons (Fsp3) is 0.500. The van der Waals surface area contributed by atoms with Crippen molar-refractivity contribution in [3.05, 3.63) is 24.0 Å². The van der Waals surface area contributed by atoms with Crippen molar-refractivity contribution in [2.45, 2.75) is 26.2 Å². The van der Waals surface area contributed by atoms with E-state index in [1.807, 2.05) is 16.9 Å². The molecule has 16 heavy (non-hydrogen) atoms. The van der Waals surface area contributed by atoms with E-state index in [1.165, 1.54) is 19.3 Å². The maximum absolute atomic E-state index is 4.68. The quantitative estimate of drug-likeness (QED) is 0.731. The Hall–Kier alpha value is -1.58. The number of aromatic nitrogens is 3. The van der Waals surface area contributed by atoms with E-state index in [2.05, 4.69) is 28.0 Å². The lowest BCUT2D eigenvalue weighted by Gasteiger charge is -2.27. The van der Waals surface area contributed by atoms with Crippen molar-refractivity contribution in [1.29, 1.82) is 0 Å². The lowest BCUT2D eigenvalue weighted by Crippen LogP contribution is -2.30. The van der Waals surface area contributed by atoms with Crippen LogP contribution < -0.4 is 4.90 Å². The molecule has 4 heteroatoms. The molecule has 0 radical (unpaired) electrons. The van der Waals surface area contributed by atoms with Gasteiger partial charge in [-0.25, -0.2) is 9.50 Å². The lowest BCUT2D eigenvalue weighted by molar-refractivity contribution is 0.573. The van der Waals surface area contributed by atoms with Gasteiger partial charge in [-0.05, 0) is 32.3 Å². The molecular formula is C12H16N4. The Kier molecular flexibility index (Phi) is 2.27. The van der Waals surface area contributed by atoms with Crippen LogP contribution in [0.4, 0.5) is 5.82 Å². The van der Waals surface area contributed by atoms with Crippen LogP contribution in [-0.4, -0.2) is 27.7 Å². The molecule has 0 spiro atoms. The highest BCUT2D eigenvalue weighted by molar-refractivity contribution is 5.52. The minimum Gasteiger partial charge on any atom is -0.357 e. The SMILES string of the molecule is Cc1cnn2ccc(N3CCCCC3)nc12. The van der Waals surface area contributed by atoms with Crippen LogP contribution in [0.15, 0.2) is 18.5 Å². The Morgan fingerprint density at radius 2 is 2.00 bits per heavy atom. The third kappa shape index (κ3) is 1.54. The highest BCUT2D eigenvalue weighted by Gasteiger charge is 2.13. The fourth-order valence-corrected chi connectivity index (χ4v) is 2.27. The maximum atomic E-state index is 4.68. The van der Waals surface area contributed by atoms with Crippen molar-refractivity contribution in [3.8, 4) is 0 Å². The summed E-state index contributed by atoms with van der Waals surface area (Å²) in [4.78, 5) is 7.06. The van der Waals surface area contributed by atoms with Gasteiger partial charge >= 0.3 is 0 Å². The van der Waals surface area contributed by atoms with E-state index in [4.69, 9.17) is 0 Å². The zero-order valence-electron chi connectivity index (χ0n) is 9.56. The molecular weight excluding hydrogens is 200 g/mol. The first-order valence-corrected chi connectivity index (χ1v) is 5.90. The fourth-order valence-electron chi connectivity index (χ4n) is 2.27. The van der Waals surface area contributed by atoms with Gasteiger partial charge in [0.2, 0.25) is 0 Å². The topological polar surface area (TPSA) is 33.4 Å². The number of piperidine rings is 1. The van der Waals surface area contributed by atoms with Crippen LogP contribution >= 0.6 is 0 Å². The van der Waals surface area contributed by atoms with Crippen molar-refractivity contribution in [3.63, 3.8) is 0 Å². The molecule has 1 aliphatic heterocycles. The molecule has 84 valence electrons. The second-order valence-electron chi connectivity index (χ2n) is 4.43. The highest BCUT2D eigenvalue weighted by Crippen LogP contribution is 2.18. The highest BCUT2D eigenvalue weighted by atomic mass is 15.3. The van der Waals surface area contributed by atoms with Gasteiger partial charge < -0.3 is 4.90 Å². The number of nitrogens with zero attached hydrogens (tertiary/aromatic N) is 4. The molecule has 3 rings (SSSR count). The average Bonchev–Trinajstić information content (AvgIpc) is 2.72. The first-order valence-electron chi connectivity index (χ1n) is 5.90. The van der Waals surface area contributed by atoms with Gasteiger partial charge in [-0.15, -0.1) is 0 Å². The summed E-state index contributed by atoms with van der Waals surface area (Å²) in [5.74, 6) is 1.09. The van der Waals surface area contributed by atoms with Gasteiger partial charge in [0.05, 0.1) is 6.20 Å². The standard InChI is InChI=1S/C12H16N4/c1-10-9-13-16-8-5-11(14-12(10)16)15-6-3-2-4-7-15/h5,8-9H,2-4,6-7H2,1H3.